The van der Waals surface area contributed by atoms with Crippen LogP contribution < -0.4 is 16.1 Å². The summed E-state index contributed by atoms with van der Waals surface area (Å²) in [7, 11) is 1.55. The van der Waals surface area contributed by atoms with E-state index in [1.54, 1.807) is 7.05 Å². The Morgan fingerprint density at radius 2 is 1.88 bits per heavy atom. The number of carbonyl (C=O) groups is 3. The van der Waals surface area contributed by atoms with Crippen LogP contribution in [0.2, 0.25) is 0 Å². The molecule has 0 radical (unpaired) electrons. The Morgan fingerprint density at radius 1 is 1.12 bits per heavy atom. The minimum Gasteiger partial charge on any atom is -0.357 e. The molecule has 3 atom stereocenters. The van der Waals surface area contributed by atoms with E-state index in [-0.39, 0.29) is 30.1 Å². The van der Waals surface area contributed by atoms with Crippen molar-refractivity contribution in [3.8, 4) is 0 Å². The van der Waals surface area contributed by atoms with E-state index in [0.717, 1.165) is 24.8 Å². The lowest BCUT2D eigenvalue weighted by atomic mass is 9.92. The molecule has 1 aromatic carbocycles. The van der Waals surface area contributed by atoms with E-state index in [4.69, 9.17) is 9.57 Å². The highest BCUT2D eigenvalue weighted by atomic mass is 16.8. The van der Waals surface area contributed by atoms with Gasteiger partial charge in [0.15, 0.2) is 6.29 Å². The average Bonchev–Trinajstić information content (AvgIpc) is 2.80. The van der Waals surface area contributed by atoms with Gasteiger partial charge in [-0.05, 0) is 43.6 Å². The third kappa shape index (κ3) is 9.36. The van der Waals surface area contributed by atoms with Gasteiger partial charge in [0.1, 0.15) is 6.04 Å². The summed E-state index contributed by atoms with van der Waals surface area (Å²) in [5, 5.41) is 5.47. The number of likely N-dealkylation sites (N-methyl/N-ethyl adjacent to an activating group) is 1. The van der Waals surface area contributed by atoms with Crippen LogP contribution in [0.15, 0.2) is 30.3 Å². The zero-order valence-electron chi connectivity index (χ0n) is 19.4. The smallest absolute Gasteiger partial charge is 0.244 e. The van der Waals surface area contributed by atoms with Crippen molar-refractivity contribution in [3.05, 3.63) is 35.9 Å². The van der Waals surface area contributed by atoms with Crippen molar-refractivity contribution < 1.29 is 24.0 Å². The van der Waals surface area contributed by atoms with Gasteiger partial charge in [0.2, 0.25) is 17.7 Å². The zero-order valence-corrected chi connectivity index (χ0v) is 19.4. The van der Waals surface area contributed by atoms with Gasteiger partial charge in [-0.3, -0.25) is 14.4 Å². The minimum atomic E-state index is -0.669. The van der Waals surface area contributed by atoms with E-state index >= 15 is 0 Å². The Morgan fingerprint density at radius 3 is 2.50 bits per heavy atom. The summed E-state index contributed by atoms with van der Waals surface area (Å²) in [6.45, 7) is 4.61. The molecule has 1 unspecified atom stereocenters. The van der Waals surface area contributed by atoms with Crippen molar-refractivity contribution >= 4 is 17.7 Å². The first-order valence-electron chi connectivity index (χ1n) is 11.5. The molecule has 1 fully saturated rings. The molecule has 32 heavy (non-hydrogen) atoms. The van der Waals surface area contributed by atoms with Gasteiger partial charge in [-0.15, -0.1) is 0 Å². The van der Waals surface area contributed by atoms with E-state index in [1.165, 1.54) is 0 Å². The zero-order chi connectivity index (χ0) is 23.3. The molecule has 3 amide bonds. The first kappa shape index (κ1) is 25.8. The van der Waals surface area contributed by atoms with Crippen molar-refractivity contribution in [3.63, 3.8) is 0 Å². The maximum absolute atomic E-state index is 13.0. The highest BCUT2D eigenvalue weighted by molar-refractivity contribution is 5.90. The number of hydrogen-bond donors (Lipinski definition) is 3. The Bertz CT molecular complexity index is 720. The molecule has 0 spiro atoms. The fourth-order valence-corrected chi connectivity index (χ4v) is 3.74. The Balaban J connectivity index is 1.93. The number of rotatable bonds is 12. The summed E-state index contributed by atoms with van der Waals surface area (Å²) >= 11 is 0. The molecule has 0 bridgehead atoms. The topological polar surface area (TPSA) is 106 Å². The van der Waals surface area contributed by atoms with E-state index < -0.39 is 18.2 Å². The van der Waals surface area contributed by atoms with Crippen LogP contribution >= 0.6 is 0 Å². The fraction of sp³-hybridized carbons (Fsp3) is 0.625. The highest BCUT2D eigenvalue weighted by Gasteiger charge is 2.28. The lowest BCUT2D eigenvalue weighted by Crippen LogP contribution is -2.48. The normalized spacial score (nSPS) is 17.9. The largest absolute Gasteiger partial charge is 0.357 e. The number of benzene rings is 1. The summed E-state index contributed by atoms with van der Waals surface area (Å²) in [6, 6.07) is 9.14. The molecule has 1 aromatic rings. The van der Waals surface area contributed by atoms with Gasteiger partial charge in [-0.25, -0.2) is 10.3 Å². The molecule has 0 aliphatic carbocycles. The van der Waals surface area contributed by atoms with Gasteiger partial charge in [-0.2, -0.15) is 0 Å². The fourth-order valence-electron chi connectivity index (χ4n) is 3.74. The van der Waals surface area contributed by atoms with Gasteiger partial charge in [0.05, 0.1) is 0 Å². The van der Waals surface area contributed by atoms with Gasteiger partial charge in [-0.1, -0.05) is 44.2 Å². The first-order chi connectivity index (χ1) is 15.4. The molecule has 3 N–H and O–H groups in total. The first-order valence-corrected chi connectivity index (χ1v) is 11.5. The Kier molecular flexibility index (Phi) is 11.2. The quantitative estimate of drug-likeness (QED) is 0.427. The Labute approximate surface area is 190 Å². The second kappa shape index (κ2) is 13.9. The molecule has 8 nitrogen and oxygen atoms in total. The predicted octanol–water partition coefficient (Wildman–Crippen LogP) is 2.48. The monoisotopic (exact) mass is 447 g/mol. The molecular weight excluding hydrogens is 410 g/mol. The van der Waals surface area contributed by atoms with Crippen molar-refractivity contribution in [2.45, 2.75) is 71.1 Å². The molecule has 1 aliphatic rings. The van der Waals surface area contributed by atoms with Gasteiger partial charge >= 0.3 is 0 Å². The van der Waals surface area contributed by atoms with E-state index in [2.05, 4.69) is 16.1 Å². The molecule has 0 aromatic heterocycles. The highest BCUT2D eigenvalue weighted by Crippen LogP contribution is 2.18. The van der Waals surface area contributed by atoms with Crippen LogP contribution in [0.4, 0.5) is 0 Å². The minimum absolute atomic E-state index is 0.0180. The van der Waals surface area contributed by atoms with E-state index in [9.17, 15) is 14.4 Å². The lowest BCUT2D eigenvalue weighted by molar-refractivity contribution is -0.200. The van der Waals surface area contributed by atoms with Crippen LogP contribution in [0.3, 0.4) is 0 Å². The molecule has 2 rings (SSSR count). The summed E-state index contributed by atoms with van der Waals surface area (Å²) in [6.07, 6.45) is 3.90. The van der Waals surface area contributed by atoms with Crippen LogP contribution in [0, 0.1) is 11.8 Å². The third-order valence-electron chi connectivity index (χ3n) is 5.44. The van der Waals surface area contributed by atoms with Crippen LogP contribution in [-0.2, 0) is 30.4 Å². The summed E-state index contributed by atoms with van der Waals surface area (Å²) in [4.78, 5) is 43.2. The van der Waals surface area contributed by atoms with Crippen LogP contribution in [-0.4, -0.2) is 43.7 Å². The molecule has 1 aliphatic heterocycles. The number of carbonyl (C=O) groups excluding carboxylic acids is 3. The van der Waals surface area contributed by atoms with Gasteiger partial charge < -0.3 is 15.4 Å². The van der Waals surface area contributed by atoms with E-state index in [0.29, 0.717) is 25.9 Å². The number of nitrogens with one attached hydrogen (secondary N) is 3. The summed E-state index contributed by atoms with van der Waals surface area (Å²) in [5.41, 5.74) is 3.52. The van der Waals surface area contributed by atoms with Gasteiger partial charge in [0.25, 0.3) is 0 Å². The molecule has 0 saturated carbocycles. The average molecular weight is 448 g/mol. The maximum atomic E-state index is 13.0. The number of ether oxygens (including phenoxy) is 1. The maximum Gasteiger partial charge on any atom is 0.244 e. The number of aryl methyl sites for hydroxylation is 1. The van der Waals surface area contributed by atoms with Gasteiger partial charge in [0, 0.05) is 32.4 Å². The van der Waals surface area contributed by atoms with Crippen LogP contribution in [0.5, 0.6) is 0 Å². The standard InChI is InChI=1S/C24H37N3O5/c1-17(2)15-19(16-21(28)27-32-22-11-7-8-14-31-22)23(29)26-20(24(30)25-3)13-12-18-9-5-4-6-10-18/h4-6,9-10,17,19-20,22H,7-8,11-16H2,1-3H3,(H,25,30)(H,26,29)(H,27,28)/t19-,20-,22?/m0/s1. The second-order valence-corrected chi connectivity index (χ2v) is 8.67. The molecule has 178 valence electrons. The summed E-state index contributed by atoms with van der Waals surface area (Å²) < 4.78 is 5.44. The van der Waals surface area contributed by atoms with Crippen LogP contribution in [0.25, 0.3) is 0 Å². The lowest BCUT2D eigenvalue weighted by Gasteiger charge is -2.24. The molecular formula is C24H37N3O5. The SMILES string of the molecule is CNC(=O)[C@H](CCc1ccccc1)NC(=O)[C@H](CC(=O)NOC1CCCCO1)CC(C)C. The molecule has 8 heteroatoms. The number of hydrogen-bond acceptors (Lipinski definition) is 5. The Hall–Kier alpha value is -2.45. The van der Waals surface area contributed by atoms with Crippen molar-refractivity contribution in [2.75, 3.05) is 13.7 Å². The second-order valence-electron chi connectivity index (χ2n) is 8.67. The molecule has 1 saturated heterocycles. The van der Waals surface area contributed by atoms with E-state index in [1.807, 2.05) is 44.2 Å². The van der Waals surface area contributed by atoms with Crippen molar-refractivity contribution in [2.24, 2.45) is 11.8 Å². The third-order valence-corrected chi connectivity index (χ3v) is 5.44. The summed E-state index contributed by atoms with van der Waals surface area (Å²) in [5.74, 6) is -1.27. The number of hydroxylamine groups is 1. The van der Waals surface area contributed by atoms with Crippen molar-refractivity contribution in [1.82, 2.24) is 16.1 Å². The number of amides is 3. The van der Waals surface area contributed by atoms with Crippen LogP contribution in [0.1, 0.15) is 57.9 Å². The predicted molar refractivity (Wildman–Crippen MR) is 121 cm³/mol. The molecule has 1 heterocycles. The van der Waals surface area contributed by atoms with Crippen molar-refractivity contribution in [1.29, 1.82) is 0 Å².